The molecule has 0 aliphatic carbocycles. The van der Waals surface area contributed by atoms with E-state index in [2.05, 4.69) is 5.32 Å². The number of halogens is 1. The monoisotopic (exact) mass is 472 g/mol. The Hall–Kier alpha value is -3.98. The fraction of sp³-hybridized carbons (Fsp3) is 0. The topological polar surface area (TPSA) is 169 Å². The Kier molecular flexibility index (Phi) is 6.40. The number of non-ortho nitro benzene ring substituents is 1. The molecule has 162 valence electrons. The molecule has 1 amide bonds. The zero-order chi connectivity index (χ0) is 23.5. The Morgan fingerprint density at radius 2 is 1.88 bits per heavy atom. The molecule has 0 saturated carbocycles. The predicted molar refractivity (Wildman–Crippen MR) is 116 cm³/mol. The molecule has 0 spiro atoms. The quantitative estimate of drug-likeness (QED) is 0.238. The first kappa shape index (κ1) is 22.7. The van der Waals surface area contributed by atoms with Crippen LogP contribution in [-0.2, 0) is 14.8 Å². The maximum absolute atomic E-state index is 12.4. The van der Waals surface area contributed by atoms with Gasteiger partial charge in [-0.05, 0) is 42.5 Å². The minimum Gasteiger partial charge on any atom is -0.457 e. The number of sulfonamides is 1. The third-order valence-corrected chi connectivity index (χ3v) is 5.39. The molecule has 2 aromatic carbocycles. The van der Waals surface area contributed by atoms with Crippen LogP contribution in [0.25, 0.3) is 17.4 Å². The van der Waals surface area contributed by atoms with E-state index in [4.69, 9.17) is 21.2 Å². The summed E-state index contributed by atoms with van der Waals surface area (Å²) in [6.07, 6.45) is 1.21. The molecule has 0 aliphatic heterocycles. The van der Waals surface area contributed by atoms with E-state index < -0.39 is 20.9 Å². The first-order valence-electron chi connectivity index (χ1n) is 8.68. The number of carbonyl (C=O) groups excluding carboxylic acids is 1. The van der Waals surface area contributed by atoms with E-state index in [1.807, 2.05) is 0 Å². The Bertz CT molecular complexity index is 1390. The minimum absolute atomic E-state index is 0.102. The van der Waals surface area contributed by atoms with Gasteiger partial charge in [-0.1, -0.05) is 11.6 Å². The largest absolute Gasteiger partial charge is 0.457 e. The van der Waals surface area contributed by atoms with E-state index in [1.54, 1.807) is 6.07 Å². The molecule has 3 N–H and O–H groups in total. The van der Waals surface area contributed by atoms with Crippen LogP contribution in [0.4, 0.5) is 11.4 Å². The average Bonchev–Trinajstić information content (AvgIpc) is 3.19. The SMILES string of the molecule is N#C/C(=C\c1ccc(-c2ccc([N+](=O)[O-])cc2Cl)o1)C(=O)Nc1ccc(S(N)(=O)=O)cc1. The fourth-order valence-electron chi connectivity index (χ4n) is 2.61. The lowest BCUT2D eigenvalue weighted by atomic mass is 10.1. The third kappa shape index (κ3) is 5.19. The number of hydrogen-bond donors (Lipinski definition) is 2. The van der Waals surface area contributed by atoms with Crippen LogP contribution in [0, 0.1) is 21.4 Å². The summed E-state index contributed by atoms with van der Waals surface area (Å²) < 4.78 is 28.2. The van der Waals surface area contributed by atoms with Gasteiger partial charge in [-0.3, -0.25) is 14.9 Å². The number of rotatable bonds is 6. The lowest BCUT2D eigenvalue weighted by Gasteiger charge is -2.05. The number of benzene rings is 2. The van der Waals surface area contributed by atoms with Gasteiger partial charge in [-0.25, -0.2) is 13.6 Å². The zero-order valence-electron chi connectivity index (χ0n) is 16.0. The number of nitrogens with one attached hydrogen (secondary N) is 1. The Morgan fingerprint density at radius 3 is 2.44 bits per heavy atom. The van der Waals surface area contributed by atoms with Gasteiger partial charge in [0.15, 0.2) is 0 Å². The molecule has 0 unspecified atom stereocenters. The van der Waals surface area contributed by atoms with Gasteiger partial charge in [0, 0.05) is 29.5 Å². The summed E-state index contributed by atoms with van der Waals surface area (Å²) in [5, 5.41) is 27.8. The van der Waals surface area contributed by atoms with Crippen molar-refractivity contribution >= 4 is 45.0 Å². The lowest BCUT2D eigenvalue weighted by molar-refractivity contribution is -0.384. The van der Waals surface area contributed by atoms with Crippen LogP contribution in [0.15, 0.2) is 69.5 Å². The van der Waals surface area contributed by atoms with E-state index in [9.17, 15) is 28.6 Å². The first-order valence-corrected chi connectivity index (χ1v) is 10.6. The average molecular weight is 473 g/mol. The molecule has 0 radical (unpaired) electrons. The molecule has 0 saturated heterocycles. The summed E-state index contributed by atoms with van der Waals surface area (Å²) in [5.74, 6) is -0.291. The predicted octanol–water partition coefficient (Wildman–Crippen LogP) is 3.70. The van der Waals surface area contributed by atoms with E-state index in [1.165, 1.54) is 60.7 Å². The summed E-state index contributed by atoms with van der Waals surface area (Å²) in [6, 6.07) is 13.8. The smallest absolute Gasteiger partial charge is 0.270 e. The minimum atomic E-state index is -3.87. The summed E-state index contributed by atoms with van der Waals surface area (Å²) in [6.45, 7) is 0. The fourth-order valence-corrected chi connectivity index (χ4v) is 3.39. The second kappa shape index (κ2) is 9.03. The molecule has 3 rings (SSSR count). The number of amides is 1. The second-order valence-electron chi connectivity index (χ2n) is 6.32. The van der Waals surface area contributed by atoms with Crippen molar-refractivity contribution in [3.05, 3.63) is 81.1 Å². The van der Waals surface area contributed by atoms with Crippen molar-refractivity contribution in [1.29, 1.82) is 5.26 Å². The van der Waals surface area contributed by atoms with Crippen LogP contribution in [-0.4, -0.2) is 19.2 Å². The number of nitrogens with zero attached hydrogens (tertiary/aromatic N) is 2. The van der Waals surface area contributed by atoms with Crippen LogP contribution in [0.1, 0.15) is 5.76 Å². The molecule has 10 nitrogen and oxygen atoms in total. The van der Waals surface area contributed by atoms with Crippen molar-refractivity contribution in [1.82, 2.24) is 0 Å². The molecule has 0 fully saturated rings. The third-order valence-electron chi connectivity index (χ3n) is 4.15. The van der Waals surface area contributed by atoms with Crippen LogP contribution in [0.3, 0.4) is 0 Å². The second-order valence-corrected chi connectivity index (χ2v) is 8.29. The molecular weight excluding hydrogens is 460 g/mol. The summed E-state index contributed by atoms with van der Waals surface area (Å²) in [4.78, 5) is 22.5. The number of nitro benzene ring substituents is 1. The van der Waals surface area contributed by atoms with Crippen molar-refractivity contribution < 1.29 is 22.6 Å². The highest BCUT2D eigenvalue weighted by atomic mass is 35.5. The Balaban J connectivity index is 1.80. The number of nitriles is 1. The number of primary sulfonamides is 1. The lowest BCUT2D eigenvalue weighted by Crippen LogP contribution is -2.14. The molecular formula is C20H13ClN4O6S. The number of nitro groups is 1. The van der Waals surface area contributed by atoms with Crippen LogP contribution in [0.5, 0.6) is 0 Å². The van der Waals surface area contributed by atoms with Crippen LogP contribution in [0.2, 0.25) is 5.02 Å². The first-order chi connectivity index (χ1) is 15.1. The zero-order valence-corrected chi connectivity index (χ0v) is 17.6. The van der Waals surface area contributed by atoms with Crippen molar-refractivity contribution in [3.63, 3.8) is 0 Å². The van der Waals surface area contributed by atoms with Crippen LogP contribution < -0.4 is 10.5 Å². The number of carbonyl (C=O) groups is 1. The molecule has 32 heavy (non-hydrogen) atoms. The number of hydrogen-bond acceptors (Lipinski definition) is 7. The van der Waals surface area contributed by atoms with Crippen molar-refractivity contribution in [2.45, 2.75) is 4.90 Å². The highest BCUT2D eigenvalue weighted by Gasteiger charge is 2.15. The number of furan rings is 1. The number of anilines is 1. The molecule has 12 heteroatoms. The molecule has 1 heterocycles. The highest BCUT2D eigenvalue weighted by molar-refractivity contribution is 7.89. The van der Waals surface area contributed by atoms with E-state index >= 15 is 0 Å². The van der Waals surface area contributed by atoms with Gasteiger partial charge in [0.1, 0.15) is 23.2 Å². The standard InChI is InChI=1S/C20H13ClN4O6S/c21-18-10-14(25(27)28)3-7-17(18)19-8-4-15(31-19)9-12(11-22)20(26)24-13-1-5-16(6-2-13)32(23,29)30/h1-10H,(H,24,26)(H2,23,29,30)/b12-9+. The normalized spacial score (nSPS) is 11.6. The van der Waals surface area contributed by atoms with E-state index in [0.29, 0.717) is 5.56 Å². The van der Waals surface area contributed by atoms with Gasteiger partial charge in [-0.2, -0.15) is 5.26 Å². The van der Waals surface area contributed by atoms with Gasteiger partial charge >= 0.3 is 0 Å². The van der Waals surface area contributed by atoms with E-state index in [-0.39, 0.29) is 38.4 Å². The molecule has 0 atom stereocenters. The summed E-state index contributed by atoms with van der Waals surface area (Å²) in [5.41, 5.74) is 0.193. The van der Waals surface area contributed by atoms with Gasteiger partial charge in [-0.15, -0.1) is 0 Å². The van der Waals surface area contributed by atoms with Crippen LogP contribution >= 0.6 is 11.6 Å². The number of nitrogens with two attached hydrogens (primary N) is 1. The molecule has 1 aromatic heterocycles. The molecule has 0 bridgehead atoms. The summed E-state index contributed by atoms with van der Waals surface area (Å²) in [7, 11) is -3.87. The molecule has 0 aliphatic rings. The Labute approximate surface area is 186 Å². The molecule has 3 aromatic rings. The van der Waals surface area contributed by atoms with Crippen molar-refractivity contribution in [2.75, 3.05) is 5.32 Å². The van der Waals surface area contributed by atoms with Crippen molar-refractivity contribution in [2.24, 2.45) is 5.14 Å². The van der Waals surface area contributed by atoms with Gasteiger partial charge < -0.3 is 9.73 Å². The van der Waals surface area contributed by atoms with Gasteiger partial charge in [0.05, 0.1) is 14.8 Å². The van der Waals surface area contributed by atoms with Crippen molar-refractivity contribution in [3.8, 4) is 17.4 Å². The maximum atomic E-state index is 12.4. The van der Waals surface area contributed by atoms with Gasteiger partial charge in [0.2, 0.25) is 10.0 Å². The maximum Gasteiger partial charge on any atom is 0.270 e. The summed E-state index contributed by atoms with van der Waals surface area (Å²) >= 11 is 6.09. The van der Waals surface area contributed by atoms with Gasteiger partial charge in [0.25, 0.3) is 11.6 Å². The highest BCUT2D eigenvalue weighted by Crippen LogP contribution is 2.32. The van der Waals surface area contributed by atoms with E-state index in [0.717, 1.165) is 0 Å². The Morgan fingerprint density at radius 1 is 1.19 bits per heavy atom.